The Kier molecular flexibility index (Phi) is 6.45. The van der Waals surface area contributed by atoms with Crippen LogP contribution in [0.1, 0.15) is 36.8 Å². The van der Waals surface area contributed by atoms with Crippen molar-refractivity contribution in [3.63, 3.8) is 0 Å². The molecule has 0 heterocycles. The molecule has 3 heteroatoms. The Balaban J connectivity index is 1.85. The first-order chi connectivity index (χ1) is 11.6. The van der Waals surface area contributed by atoms with E-state index in [1.165, 1.54) is 48.0 Å². The van der Waals surface area contributed by atoms with Gasteiger partial charge in [0.05, 0.1) is 0 Å². The van der Waals surface area contributed by atoms with E-state index in [2.05, 4.69) is 72.9 Å². The van der Waals surface area contributed by atoms with Crippen molar-refractivity contribution in [2.75, 3.05) is 20.1 Å². The van der Waals surface area contributed by atoms with Gasteiger partial charge in [-0.25, -0.2) is 0 Å². The zero-order chi connectivity index (χ0) is 16.9. The topological polar surface area (TPSA) is 3.24 Å². The monoisotopic (exact) mass is 357 g/mol. The van der Waals surface area contributed by atoms with Crippen molar-refractivity contribution in [2.24, 2.45) is 0 Å². The van der Waals surface area contributed by atoms with Crippen molar-refractivity contribution < 1.29 is 0 Å². The summed E-state index contributed by atoms with van der Waals surface area (Å²) in [6, 6.07) is 8.98. The molecule has 0 N–H and O–H groups in total. The van der Waals surface area contributed by atoms with E-state index >= 15 is 0 Å². The summed E-state index contributed by atoms with van der Waals surface area (Å²) in [5, 5.41) is 0.567. The van der Waals surface area contributed by atoms with Gasteiger partial charge >= 0.3 is 0 Å². The van der Waals surface area contributed by atoms with Gasteiger partial charge in [0.25, 0.3) is 0 Å². The van der Waals surface area contributed by atoms with E-state index in [-0.39, 0.29) is 0 Å². The highest BCUT2D eigenvalue weighted by Gasteiger charge is 2.20. The van der Waals surface area contributed by atoms with Crippen LogP contribution >= 0.6 is 18.5 Å². The van der Waals surface area contributed by atoms with Crippen molar-refractivity contribution in [3.05, 3.63) is 64.8 Å². The van der Waals surface area contributed by atoms with Gasteiger partial charge in [0.2, 0.25) is 0 Å². The fourth-order valence-electron chi connectivity index (χ4n) is 3.76. The summed E-state index contributed by atoms with van der Waals surface area (Å²) in [5.41, 5.74) is 7.49. The summed E-state index contributed by atoms with van der Waals surface area (Å²) in [6.07, 6.45) is 13.2. The van der Waals surface area contributed by atoms with E-state index < -0.39 is 0 Å². The summed E-state index contributed by atoms with van der Waals surface area (Å²) < 4.78 is 0. The quantitative estimate of drug-likeness (QED) is 0.666. The number of aryl methyl sites for hydroxylation is 1. The standard InChI is InChI=1S/C21H29NP2/c1-22(15-21(23)24)14-6-11-20-18-9-4-2-7-16(18)12-13-17-8-3-5-10-19(17)20/h2,4,7-11,21H,3,5-6,12-15,23-24H2,1H3/b20-11+. The first-order valence-corrected chi connectivity index (χ1v) is 10.4. The average Bonchev–Trinajstić information content (AvgIpc) is 2.72. The second-order valence-corrected chi connectivity index (χ2v) is 9.40. The number of fused-ring (bicyclic) bond motifs is 2. The zero-order valence-electron chi connectivity index (χ0n) is 14.7. The molecule has 2 aliphatic carbocycles. The van der Waals surface area contributed by atoms with Gasteiger partial charge in [-0.1, -0.05) is 42.5 Å². The molecule has 1 nitrogen and oxygen atoms in total. The maximum atomic E-state index is 2.86. The number of hydrogen-bond donors (Lipinski definition) is 0. The zero-order valence-corrected chi connectivity index (χ0v) is 17.0. The van der Waals surface area contributed by atoms with E-state index in [1.54, 1.807) is 5.57 Å². The minimum absolute atomic E-state index is 0.567. The molecule has 0 saturated carbocycles. The molecule has 2 aliphatic rings. The Morgan fingerprint density at radius 1 is 1.12 bits per heavy atom. The van der Waals surface area contributed by atoms with Crippen LogP contribution in [0.3, 0.4) is 0 Å². The third-order valence-electron chi connectivity index (χ3n) is 4.89. The van der Waals surface area contributed by atoms with Crippen LogP contribution in [0.15, 0.2) is 53.6 Å². The highest BCUT2D eigenvalue weighted by molar-refractivity contribution is 7.37. The highest BCUT2D eigenvalue weighted by atomic mass is 31.1. The fourth-order valence-corrected chi connectivity index (χ4v) is 4.48. The van der Waals surface area contributed by atoms with Crippen LogP contribution in [0.2, 0.25) is 0 Å². The lowest BCUT2D eigenvalue weighted by Crippen LogP contribution is -2.24. The van der Waals surface area contributed by atoms with E-state index in [0.717, 1.165) is 19.5 Å². The van der Waals surface area contributed by atoms with Crippen LogP contribution in [0, 0.1) is 0 Å². The van der Waals surface area contributed by atoms with Crippen LogP contribution < -0.4 is 0 Å². The number of nitrogens with zero attached hydrogens (tertiary/aromatic N) is 1. The molecule has 128 valence electrons. The van der Waals surface area contributed by atoms with Crippen LogP contribution in [-0.4, -0.2) is 30.4 Å². The minimum Gasteiger partial charge on any atom is -0.305 e. The fraction of sp³-hybridized carbons (Fsp3) is 0.429. The van der Waals surface area contributed by atoms with Gasteiger partial charge in [0, 0.05) is 18.5 Å². The van der Waals surface area contributed by atoms with Crippen molar-refractivity contribution >= 4 is 24.1 Å². The van der Waals surface area contributed by atoms with Crippen molar-refractivity contribution in [1.29, 1.82) is 0 Å². The third kappa shape index (κ3) is 4.45. The van der Waals surface area contributed by atoms with Crippen LogP contribution in [0.4, 0.5) is 0 Å². The Morgan fingerprint density at radius 2 is 1.92 bits per heavy atom. The molecule has 0 saturated heterocycles. The summed E-state index contributed by atoms with van der Waals surface area (Å²) in [6.45, 7) is 2.21. The van der Waals surface area contributed by atoms with Gasteiger partial charge < -0.3 is 4.90 Å². The lowest BCUT2D eigenvalue weighted by atomic mass is 9.88. The van der Waals surface area contributed by atoms with E-state index in [9.17, 15) is 0 Å². The van der Waals surface area contributed by atoms with E-state index in [4.69, 9.17) is 0 Å². The van der Waals surface area contributed by atoms with Crippen molar-refractivity contribution in [1.82, 2.24) is 4.90 Å². The molecule has 0 aromatic heterocycles. The Labute approximate surface area is 151 Å². The van der Waals surface area contributed by atoms with Crippen LogP contribution in [0.25, 0.3) is 5.57 Å². The predicted octanol–water partition coefficient (Wildman–Crippen LogP) is 5.06. The molecular formula is C21H29NP2. The van der Waals surface area contributed by atoms with Crippen molar-refractivity contribution in [3.8, 4) is 0 Å². The molecule has 24 heavy (non-hydrogen) atoms. The number of benzene rings is 1. The second kappa shape index (κ2) is 8.57. The number of allylic oxidation sites excluding steroid dienone is 5. The minimum atomic E-state index is 0.567. The molecule has 0 radical (unpaired) electrons. The SMILES string of the molecule is CN(CC/C=C1/C2=CCCC=C2CCc2ccccc21)CC(P)P. The predicted molar refractivity (Wildman–Crippen MR) is 113 cm³/mol. The third-order valence-corrected chi connectivity index (χ3v) is 5.32. The summed E-state index contributed by atoms with van der Waals surface area (Å²) in [7, 11) is 7.93. The molecule has 0 bridgehead atoms. The van der Waals surface area contributed by atoms with Crippen LogP contribution in [-0.2, 0) is 6.42 Å². The van der Waals surface area contributed by atoms with Gasteiger partial charge in [-0.2, -0.15) is 0 Å². The molecule has 2 atom stereocenters. The molecule has 0 amide bonds. The molecule has 1 aromatic carbocycles. The van der Waals surface area contributed by atoms with Gasteiger partial charge in [0.1, 0.15) is 0 Å². The molecular weight excluding hydrogens is 328 g/mol. The lowest BCUT2D eigenvalue weighted by Gasteiger charge is -2.20. The van der Waals surface area contributed by atoms with Gasteiger partial charge in [-0.3, -0.25) is 0 Å². The lowest BCUT2D eigenvalue weighted by molar-refractivity contribution is 0.358. The maximum absolute atomic E-state index is 2.86. The van der Waals surface area contributed by atoms with Crippen LogP contribution in [0.5, 0.6) is 0 Å². The van der Waals surface area contributed by atoms with E-state index in [0.29, 0.717) is 5.40 Å². The number of rotatable bonds is 5. The Hall–Kier alpha value is -0.740. The smallest absolute Gasteiger partial charge is 0.00759 e. The van der Waals surface area contributed by atoms with Crippen molar-refractivity contribution in [2.45, 2.75) is 37.5 Å². The summed E-state index contributed by atoms with van der Waals surface area (Å²) in [4.78, 5) is 2.41. The Morgan fingerprint density at radius 3 is 2.75 bits per heavy atom. The van der Waals surface area contributed by atoms with Gasteiger partial charge in [-0.05, 0) is 67.0 Å². The maximum Gasteiger partial charge on any atom is 0.00759 e. The summed E-state index contributed by atoms with van der Waals surface area (Å²) in [5.74, 6) is 0. The molecule has 1 aromatic rings. The molecule has 0 spiro atoms. The van der Waals surface area contributed by atoms with Gasteiger partial charge in [-0.15, -0.1) is 18.5 Å². The molecule has 0 aliphatic heterocycles. The molecule has 3 rings (SSSR count). The van der Waals surface area contributed by atoms with E-state index in [1.807, 2.05) is 0 Å². The van der Waals surface area contributed by atoms with Gasteiger partial charge in [0.15, 0.2) is 0 Å². The largest absolute Gasteiger partial charge is 0.305 e. The first-order valence-electron chi connectivity index (χ1n) is 9.03. The molecule has 0 fully saturated rings. The Bertz CT molecular complexity index is 670. The normalized spacial score (nSPS) is 19.0. The first kappa shape index (κ1) is 18.1. The highest BCUT2D eigenvalue weighted by Crippen LogP contribution is 2.39. The number of hydrogen-bond acceptors (Lipinski definition) is 1. The average molecular weight is 357 g/mol. The summed E-state index contributed by atoms with van der Waals surface area (Å²) >= 11 is 0. The second-order valence-electron chi connectivity index (χ2n) is 6.91. The molecule has 2 unspecified atom stereocenters.